The van der Waals surface area contributed by atoms with Crippen LogP contribution in [0.5, 0.6) is 5.88 Å². The van der Waals surface area contributed by atoms with E-state index in [0.29, 0.717) is 0 Å². The van der Waals surface area contributed by atoms with Crippen LogP contribution in [0.4, 0.5) is 10.5 Å². The number of hydrogen-bond donors (Lipinski definition) is 1. The van der Waals surface area contributed by atoms with E-state index in [9.17, 15) is 14.4 Å². The Balaban J connectivity index is 3.42. The Kier molecular flexibility index (Phi) is 5.04. The van der Waals surface area contributed by atoms with Gasteiger partial charge in [-0.3, -0.25) is 19.2 Å². The highest BCUT2D eigenvalue weighted by molar-refractivity contribution is 5.86. The van der Waals surface area contributed by atoms with Gasteiger partial charge in [0.25, 0.3) is 5.56 Å². The summed E-state index contributed by atoms with van der Waals surface area (Å²) in [6, 6.07) is 0. The number of anilines is 1. The molecule has 0 unspecified atom stereocenters. The molecular weight excluding hydrogens is 290 g/mol. The SMILES string of the molecule is C#CCn1c(OC)c(NC(=O)OC(C)(C)C)c(=O)n(C)c1=O. The minimum atomic E-state index is -0.839. The fourth-order valence-corrected chi connectivity index (χ4v) is 1.70. The van der Waals surface area contributed by atoms with Crippen molar-refractivity contribution in [2.45, 2.75) is 32.9 Å². The smallest absolute Gasteiger partial charge is 0.412 e. The quantitative estimate of drug-likeness (QED) is 0.823. The van der Waals surface area contributed by atoms with Gasteiger partial charge in [-0.05, 0) is 20.8 Å². The van der Waals surface area contributed by atoms with E-state index in [4.69, 9.17) is 15.9 Å². The van der Waals surface area contributed by atoms with Crippen molar-refractivity contribution in [2.24, 2.45) is 7.05 Å². The van der Waals surface area contributed by atoms with E-state index in [0.717, 1.165) is 9.13 Å². The lowest BCUT2D eigenvalue weighted by molar-refractivity contribution is 0.0635. The van der Waals surface area contributed by atoms with E-state index in [-0.39, 0.29) is 18.1 Å². The second-order valence-electron chi connectivity index (χ2n) is 5.45. The average Bonchev–Trinajstić information content (AvgIpc) is 2.40. The topological polar surface area (TPSA) is 91.6 Å². The van der Waals surface area contributed by atoms with Gasteiger partial charge in [0, 0.05) is 7.05 Å². The molecule has 0 aromatic carbocycles. The molecule has 0 atom stereocenters. The zero-order chi connectivity index (χ0) is 17.1. The van der Waals surface area contributed by atoms with Gasteiger partial charge in [-0.1, -0.05) is 5.92 Å². The highest BCUT2D eigenvalue weighted by atomic mass is 16.6. The van der Waals surface area contributed by atoms with Crippen LogP contribution in [0.3, 0.4) is 0 Å². The maximum absolute atomic E-state index is 12.2. The fourth-order valence-electron chi connectivity index (χ4n) is 1.70. The molecule has 8 nitrogen and oxygen atoms in total. The molecule has 1 aromatic rings. The molecule has 1 aromatic heterocycles. The summed E-state index contributed by atoms with van der Waals surface area (Å²) in [4.78, 5) is 36.1. The summed E-state index contributed by atoms with van der Waals surface area (Å²) >= 11 is 0. The van der Waals surface area contributed by atoms with Gasteiger partial charge in [-0.15, -0.1) is 6.42 Å². The molecule has 120 valence electrons. The summed E-state index contributed by atoms with van der Waals surface area (Å²) in [5.41, 5.74) is -2.32. The summed E-state index contributed by atoms with van der Waals surface area (Å²) in [5.74, 6) is 2.16. The predicted molar refractivity (Wildman–Crippen MR) is 81.2 cm³/mol. The number of ether oxygens (including phenoxy) is 2. The number of terminal acetylenes is 1. The Hall–Kier alpha value is -2.69. The number of nitrogens with zero attached hydrogens (tertiary/aromatic N) is 2. The van der Waals surface area contributed by atoms with E-state index < -0.39 is 22.9 Å². The minimum Gasteiger partial charge on any atom is -0.480 e. The number of methoxy groups -OCH3 is 1. The highest BCUT2D eigenvalue weighted by Crippen LogP contribution is 2.19. The molecule has 0 aliphatic heterocycles. The van der Waals surface area contributed by atoms with Gasteiger partial charge in [0.15, 0.2) is 5.69 Å². The second-order valence-corrected chi connectivity index (χ2v) is 5.45. The van der Waals surface area contributed by atoms with Gasteiger partial charge < -0.3 is 9.47 Å². The first-order valence-electron chi connectivity index (χ1n) is 6.43. The number of carbonyl (C=O) groups excluding carboxylic acids is 1. The molecule has 22 heavy (non-hydrogen) atoms. The van der Waals surface area contributed by atoms with Gasteiger partial charge in [0.05, 0.1) is 13.7 Å². The predicted octanol–water partition coefficient (Wildman–Crippen LogP) is 0.536. The molecule has 0 bridgehead atoms. The lowest BCUT2D eigenvalue weighted by Crippen LogP contribution is -2.41. The summed E-state index contributed by atoms with van der Waals surface area (Å²) in [7, 11) is 2.54. The van der Waals surface area contributed by atoms with Crippen LogP contribution in [0.15, 0.2) is 9.59 Å². The van der Waals surface area contributed by atoms with Crippen LogP contribution >= 0.6 is 0 Å². The third kappa shape index (κ3) is 3.69. The fraction of sp³-hybridized carbons (Fsp3) is 0.500. The van der Waals surface area contributed by atoms with Gasteiger partial charge >= 0.3 is 11.8 Å². The first-order chi connectivity index (χ1) is 10.1. The third-order valence-corrected chi connectivity index (χ3v) is 2.56. The molecule has 0 aliphatic carbocycles. The van der Waals surface area contributed by atoms with Gasteiger partial charge in [0.1, 0.15) is 5.60 Å². The van der Waals surface area contributed by atoms with Crippen LogP contribution in [0, 0.1) is 12.3 Å². The van der Waals surface area contributed by atoms with Crippen molar-refractivity contribution in [3.8, 4) is 18.2 Å². The Morgan fingerprint density at radius 3 is 2.41 bits per heavy atom. The molecule has 8 heteroatoms. The van der Waals surface area contributed by atoms with Crippen molar-refractivity contribution < 1.29 is 14.3 Å². The van der Waals surface area contributed by atoms with Crippen LogP contribution in [0.2, 0.25) is 0 Å². The Morgan fingerprint density at radius 1 is 1.36 bits per heavy atom. The lowest BCUT2D eigenvalue weighted by atomic mass is 10.2. The van der Waals surface area contributed by atoms with Gasteiger partial charge in [-0.25, -0.2) is 9.59 Å². The van der Waals surface area contributed by atoms with E-state index in [2.05, 4.69) is 11.2 Å². The zero-order valence-corrected chi connectivity index (χ0v) is 13.2. The first kappa shape index (κ1) is 17.4. The number of amides is 1. The molecule has 1 heterocycles. The van der Waals surface area contributed by atoms with Crippen LogP contribution in [-0.4, -0.2) is 27.9 Å². The van der Waals surface area contributed by atoms with Crippen molar-refractivity contribution in [3.05, 3.63) is 20.8 Å². The van der Waals surface area contributed by atoms with Gasteiger partial charge in [0.2, 0.25) is 5.88 Å². The lowest BCUT2D eigenvalue weighted by Gasteiger charge is -2.21. The normalized spacial score (nSPS) is 10.7. The molecule has 1 N–H and O–H groups in total. The van der Waals surface area contributed by atoms with Crippen molar-refractivity contribution in [2.75, 3.05) is 12.4 Å². The molecule has 0 spiro atoms. The number of carbonyl (C=O) groups is 1. The Morgan fingerprint density at radius 2 is 1.95 bits per heavy atom. The van der Waals surface area contributed by atoms with Crippen molar-refractivity contribution in [3.63, 3.8) is 0 Å². The van der Waals surface area contributed by atoms with E-state index >= 15 is 0 Å². The van der Waals surface area contributed by atoms with E-state index in [1.165, 1.54) is 14.2 Å². The molecule has 1 amide bonds. The van der Waals surface area contributed by atoms with Crippen LogP contribution < -0.4 is 21.3 Å². The Bertz CT molecular complexity index is 731. The number of nitrogens with one attached hydrogen (secondary N) is 1. The summed E-state index contributed by atoms with van der Waals surface area (Å²) in [6.45, 7) is 4.93. The number of aromatic nitrogens is 2. The highest BCUT2D eigenvalue weighted by Gasteiger charge is 2.23. The summed E-state index contributed by atoms with van der Waals surface area (Å²) in [6.07, 6.45) is 4.37. The first-order valence-corrected chi connectivity index (χ1v) is 6.43. The number of hydrogen-bond acceptors (Lipinski definition) is 5. The summed E-state index contributed by atoms with van der Waals surface area (Å²) in [5, 5.41) is 2.31. The Labute approximate surface area is 127 Å². The van der Waals surface area contributed by atoms with E-state index in [1.807, 2.05) is 0 Å². The van der Waals surface area contributed by atoms with Crippen LogP contribution in [-0.2, 0) is 18.3 Å². The number of rotatable bonds is 3. The monoisotopic (exact) mass is 309 g/mol. The standard InChI is InChI=1S/C14H19N3O5/c1-7-8-17-11(21-6)9(10(18)16(5)13(17)20)15-12(19)22-14(2,3)4/h1H,8H2,2-6H3,(H,15,19). The molecule has 0 radical (unpaired) electrons. The minimum absolute atomic E-state index is 0.112. The van der Waals surface area contributed by atoms with Gasteiger partial charge in [-0.2, -0.15) is 0 Å². The average molecular weight is 309 g/mol. The molecular formula is C14H19N3O5. The molecule has 0 fully saturated rings. The van der Waals surface area contributed by atoms with Crippen molar-refractivity contribution in [1.82, 2.24) is 9.13 Å². The van der Waals surface area contributed by atoms with Crippen LogP contribution in [0.25, 0.3) is 0 Å². The van der Waals surface area contributed by atoms with E-state index in [1.54, 1.807) is 20.8 Å². The third-order valence-electron chi connectivity index (χ3n) is 2.56. The maximum atomic E-state index is 12.2. The maximum Gasteiger partial charge on any atom is 0.412 e. The van der Waals surface area contributed by atoms with Crippen molar-refractivity contribution in [1.29, 1.82) is 0 Å². The second kappa shape index (κ2) is 6.39. The molecule has 1 rings (SSSR count). The van der Waals surface area contributed by atoms with Crippen molar-refractivity contribution >= 4 is 11.8 Å². The van der Waals surface area contributed by atoms with Crippen LogP contribution in [0.1, 0.15) is 20.8 Å². The molecule has 0 saturated heterocycles. The molecule has 0 saturated carbocycles. The summed E-state index contributed by atoms with van der Waals surface area (Å²) < 4.78 is 12.0. The largest absolute Gasteiger partial charge is 0.480 e. The molecule has 0 aliphatic rings. The zero-order valence-electron chi connectivity index (χ0n) is 13.2.